The molecule has 0 spiro atoms. The van der Waals surface area contributed by atoms with Gasteiger partial charge < -0.3 is 0 Å². The summed E-state index contributed by atoms with van der Waals surface area (Å²) >= 11 is 0. The van der Waals surface area contributed by atoms with Gasteiger partial charge in [-0.15, -0.1) is 0 Å². The number of carbonyl (C=O) groups excluding carboxylic acids is 2. The fourth-order valence-corrected chi connectivity index (χ4v) is 1.80. The van der Waals surface area contributed by atoms with Crippen LogP contribution in [-0.4, -0.2) is 11.6 Å². The van der Waals surface area contributed by atoms with Gasteiger partial charge in [-0.3, -0.25) is 9.59 Å². The zero-order valence-corrected chi connectivity index (χ0v) is 8.34. The number of hydrogen-bond acceptors (Lipinski definition) is 2. The van der Waals surface area contributed by atoms with Crippen molar-refractivity contribution in [2.75, 3.05) is 0 Å². The second-order valence-corrected chi connectivity index (χ2v) is 3.99. The highest BCUT2D eigenvalue weighted by Gasteiger charge is 2.20. The van der Waals surface area contributed by atoms with Gasteiger partial charge in [0, 0.05) is 12.3 Å². The lowest BCUT2D eigenvalue weighted by Gasteiger charge is -2.11. The molecule has 74 valence electrons. The zero-order chi connectivity index (χ0) is 9.68. The molecule has 2 nitrogen and oxygen atoms in total. The Labute approximate surface area is 79.7 Å². The Morgan fingerprint density at radius 1 is 1.00 bits per heavy atom. The van der Waals surface area contributed by atoms with Crippen molar-refractivity contribution in [1.82, 2.24) is 0 Å². The van der Waals surface area contributed by atoms with Crippen molar-refractivity contribution in [3.63, 3.8) is 0 Å². The third kappa shape index (κ3) is 3.29. The molecular weight excluding hydrogens is 164 g/mol. The standard InChI is InChI=1S/C11H18O2/c1-9-7-5-3-2-4-6-8-10(12)11(9)13/h9H,2-8H2,1H3. The summed E-state index contributed by atoms with van der Waals surface area (Å²) in [4.78, 5) is 22.7. The summed E-state index contributed by atoms with van der Waals surface area (Å²) in [6.45, 7) is 1.88. The summed E-state index contributed by atoms with van der Waals surface area (Å²) in [5.74, 6) is -0.318. The maximum absolute atomic E-state index is 11.4. The van der Waals surface area contributed by atoms with Crippen molar-refractivity contribution >= 4 is 11.6 Å². The Balaban J connectivity index is 2.50. The van der Waals surface area contributed by atoms with Crippen LogP contribution in [0.25, 0.3) is 0 Å². The molecular formula is C11H18O2. The van der Waals surface area contributed by atoms with Crippen LogP contribution in [0.3, 0.4) is 0 Å². The van der Waals surface area contributed by atoms with E-state index in [-0.39, 0.29) is 17.5 Å². The van der Waals surface area contributed by atoms with Crippen LogP contribution in [0.1, 0.15) is 51.9 Å². The van der Waals surface area contributed by atoms with Crippen molar-refractivity contribution in [2.24, 2.45) is 5.92 Å². The molecule has 2 heteroatoms. The van der Waals surface area contributed by atoms with Crippen molar-refractivity contribution in [3.8, 4) is 0 Å². The molecule has 0 aromatic heterocycles. The van der Waals surface area contributed by atoms with Gasteiger partial charge in [0.1, 0.15) is 0 Å². The summed E-state index contributed by atoms with van der Waals surface area (Å²) < 4.78 is 0. The maximum Gasteiger partial charge on any atom is 0.201 e. The highest BCUT2D eigenvalue weighted by Crippen LogP contribution is 2.16. The Kier molecular flexibility index (Phi) is 4.13. The van der Waals surface area contributed by atoms with Crippen LogP contribution in [0.2, 0.25) is 0 Å². The smallest absolute Gasteiger partial charge is 0.201 e. The van der Waals surface area contributed by atoms with E-state index in [4.69, 9.17) is 0 Å². The molecule has 1 aliphatic rings. The first-order valence-electron chi connectivity index (χ1n) is 5.29. The van der Waals surface area contributed by atoms with Crippen LogP contribution < -0.4 is 0 Å². The van der Waals surface area contributed by atoms with E-state index in [1.807, 2.05) is 6.92 Å². The highest BCUT2D eigenvalue weighted by atomic mass is 16.2. The lowest BCUT2D eigenvalue weighted by atomic mass is 9.92. The van der Waals surface area contributed by atoms with Crippen LogP contribution in [-0.2, 0) is 9.59 Å². The van der Waals surface area contributed by atoms with Crippen molar-refractivity contribution in [1.29, 1.82) is 0 Å². The predicted molar refractivity (Wildman–Crippen MR) is 51.5 cm³/mol. The average Bonchev–Trinajstić information content (AvgIpc) is 2.13. The fourth-order valence-electron chi connectivity index (χ4n) is 1.80. The lowest BCUT2D eigenvalue weighted by Crippen LogP contribution is -2.22. The normalized spacial score (nSPS) is 27.3. The summed E-state index contributed by atoms with van der Waals surface area (Å²) in [7, 11) is 0. The van der Waals surface area contributed by atoms with Crippen LogP contribution >= 0.6 is 0 Å². The quantitative estimate of drug-likeness (QED) is 0.539. The lowest BCUT2D eigenvalue weighted by molar-refractivity contribution is -0.139. The number of hydrogen-bond donors (Lipinski definition) is 0. The molecule has 0 aromatic carbocycles. The third-order valence-corrected chi connectivity index (χ3v) is 2.76. The zero-order valence-electron chi connectivity index (χ0n) is 8.34. The molecule has 0 heterocycles. The van der Waals surface area contributed by atoms with Crippen molar-refractivity contribution in [2.45, 2.75) is 51.9 Å². The van der Waals surface area contributed by atoms with Gasteiger partial charge in [0.05, 0.1) is 0 Å². The topological polar surface area (TPSA) is 34.1 Å². The predicted octanol–water partition coefficient (Wildman–Crippen LogP) is 2.51. The van der Waals surface area contributed by atoms with Gasteiger partial charge in [-0.2, -0.15) is 0 Å². The average molecular weight is 182 g/mol. The van der Waals surface area contributed by atoms with Gasteiger partial charge in [0.25, 0.3) is 0 Å². The number of carbonyl (C=O) groups is 2. The molecule has 0 radical (unpaired) electrons. The molecule has 0 aliphatic heterocycles. The fraction of sp³-hybridized carbons (Fsp3) is 0.818. The molecule has 1 rings (SSSR count). The number of ketones is 2. The van der Waals surface area contributed by atoms with E-state index < -0.39 is 0 Å². The molecule has 1 saturated carbocycles. The van der Waals surface area contributed by atoms with E-state index in [1.165, 1.54) is 12.8 Å². The molecule has 1 fully saturated rings. The molecule has 0 amide bonds. The Morgan fingerprint density at radius 2 is 1.62 bits per heavy atom. The molecule has 1 unspecified atom stereocenters. The maximum atomic E-state index is 11.4. The van der Waals surface area contributed by atoms with Crippen molar-refractivity contribution < 1.29 is 9.59 Å². The first-order chi connectivity index (χ1) is 6.22. The van der Waals surface area contributed by atoms with E-state index in [9.17, 15) is 9.59 Å². The summed E-state index contributed by atoms with van der Waals surface area (Å²) in [6.07, 6.45) is 6.90. The van der Waals surface area contributed by atoms with Gasteiger partial charge in [-0.05, 0) is 12.8 Å². The second-order valence-electron chi connectivity index (χ2n) is 3.99. The van der Waals surface area contributed by atoms with Gasteiger partial charge in [-0.25, -0.2) is 0 Å². The molecule has 1 atom stereocenters. The van der Waals surface area contributed by atoms with Gasteiger partial charge in [0.2, 0.25) is 5.78 Å². The molecule has 1 aliphatic carbocycles. The number of rotatable bonds is 0. The van der Waals surface area contributed by atoms with Gasteiger partial charge >= 0.3 is 0 Å². The molecule has 0 aromatic rings. The van der Waals surface area contributed by atoms with Crippen LogP contribution in [0.5, 0.6) is 0 Å². The van der Waals surface area contributed by atoms with Crippen LogP contribution in [0.4, 0.5) is 0 Å². The first kappa shape index (κ1) is 10.4. The molecule has 0 saturated heterocycles. The third-order valence-electron chi connectivity index (χ3n) is 2.76. The van der Waals surface area contributed by atoms with E-state index >= 15 is 0 Å². The summed E-state index contributed by atoms with van der Waals surface area (Å²) in [5.41, 5.74) is 0. The van der Waals surface area contributed by atoms with E-state index in [0.717, 1.165) is 25.7 Å². The first-order valence-corrected chi connectivity index (χ1v) is 5.29. The van der Waals surface area contributed by atoms with Gasteiger partial charge in [0.15, 0.2) is 5.78 Å². The summed E-state index contributed by atoms with van der Waals surface area (Å²) in [6, 6.07) is 0. The second kappa shape index (κ2) is 5.15. The van der Waals surface area contributed by atoms with E-state index in [0.29, 0.717) is 6.42 Å². The van der Waals surface area contributed by atoms with Crippen molar-refractivity contribution in [3.05, 3.63) is 0 Å². The molecule has 0 N–H and O–H groups in total. The van der Waals surface area contributed by atoms with Gasteiger partial charge in [-0.1, -0.05) is 32.6 Å². The SMILES string of the molecule is CC1CCCCCCCC(=O)C1=O. The Morgan fingerprint density at radius 3 is 2.38 bits per heavy atom. The highest BCUT2D eigenvalue weighted by molar-refractivity contribution is 6.37. The number of Topliss-reactive ketones (excluding diaryl/α,β-unsaturated/α-hetero) is 2. The van der Waals surface area contributed by atoms with Crippen LogP contribution in [0, 0.1) is 5.92 Å². The largest absolute Gasteiger partial charge is 0.291 e. The minimum absolute atomic E-state index is 0.0365. The van der Waals surface area contributed by atoms with E-state index in [1.54, 1.807) is 0 Å². The Bertz CT molecular complexity index is 196. The minimum atomic E-state index is -0.144. The molecule has 0 bridgehead atoms. The summed E-state index contributed by atoms with van der Waals surface area (Å²) in [5, 5.41) is 0. The monoisotopic (exact) mass is 182 g/mol. The van der Waals surface area contributed by atoms with E-state index in [2.05, 4.69) is 0 Å². The molecule has 13 heavy (non-hydrogen) atoms. The minimum Gasteiger partial charge on any atom is -0.291 e. The Hall–Kier alpha value is -0.660. The van der Waals surface area contributed by atoms with Crippen LogP contribution in [0.15, 0.2) is 0 Å².